The van der Waals surface area contributed by atoms with Gasteiger partial charge >= 0.3 is 17.9 Å². The molecule has 1 atom stereocenters. The van der Waals surface area contributed by atoms with E-state index in [0.717, 1.165) is 89.9 Å². The summed E-state index contributed by atoms with van der Waals surface area (Å²) in [7, 11) is 0. The van der Waals surface area contributed by atoms with Gasteiger partial charge in [-0.1, -0.05) is 219 Å². The molecular formula is C59H92O6. The Morgan fingerprint density at radius 1 is 0.338 bits per heavy atom. The van der Waals surface area contributed by atoms with Crippen LogP contribution in [0.1, 0.15) is 201 Å². The normalized spacial score (nSPS) is 13.2. The van der Waals surface area contributed by atoms with Gasteiger partial charge in [-0.3, -0.25) is 14.4 Å². The van der Waals surface area contributed by atoms with Gasteiger partial charge in [0, 0.05) is 19.3 Å². The van der Waals surface area contributed by atoms with Crippen molar-refractivity contribution in [3.8, 4) is 0 Å². The third kappa shape index (κ3) is 50.4. The van der Waals surface area contributed by atoms with E-state index >= 15 is 0 Å². The number of carbonyl (C=O) groups excluding carboxylic acids is 3. The average Bonchev–Trinajstić information content (AvgIpc) is 3.30. The first-order valence-electron chi connectivity index (χ1n) is 25.7. The Morgan fingerprint density at radius 3 is 1.20 bits per heavy atom. The van der Waals surface area contributed by atoms with Crippen LogP contribution in [0.4, 0.5) is 0 Å². The van der Waals surface area contributed by atoms with Crippen molar-refractivity contribution < 1.29 is 28.6 Å². The lowest BCUT2D eigenvalue weighted by atomic mass is 10.1. The van der Waals surface area contributed by atoms with Crippen molar-refractivity contribution in [1.29, 1.82) is 0 Å². The van der Waals surface area contributed by atoms with Gasteiger partial charge in [0.05, 0.1) is 0 Å². The highest BCUT2D eigenvalue weighted by atomic mass is 16.6. The van der Waals surface area contributed by atoms with Gasteiger partial charge in [0.1, 0.15) is 13.2 Å². The molecule has 0 N–H and O–H groups in total. The number of rotatable bonds is 44. The molecule has 0 aliphatic heterocycles. The number of carbonyl (C=O) groups is 3. The van der Waals surface area contributed by atoms with Crippen molar-refractivity contribution in [3.63, 3.8) is 0 Å². The number of unbranched alkanes of at least 4 members (excludes halogenated alkanes) is 14. The van der Waals surface area contributed by atoms with Crippen molar-refractivity contribution >= 4 is 17.9 Å². The first-order chi connectivity index (χ1) is 32.0. The molecule has 0 rings (SSSR count). The van der Waals surface area contributed by atoms with Gasteiger partial charge in [0.2, 0.25) is 0 Å². The summed E-state index contributed by atoms with van der Waals surface area (Å²) in [5.41, 5.74) is 0. The van der Waals surface area contributed by atoms with Crippen molar-refractivity contribution in [1.82, 2.24) is 0 Å². The maximum Gasteiger partial charge on any atom is 0.306 e. The van der Waals surface area contributed by atoms with Crippen LogP contribution in [-0.2, 0) is 28.6 Å². The molecule has 0 spiro atoms. The molecule has 0 saturated heterocycles. The number of allylic oxidation sites excluding steroid dienone is 22. The topological polar surface area (TPSA) is 78.9 Å². The Bertz CT molecular complexity index is 1450. The Kier molecular flexibility index (Phi) is 48.6. The van der Waals surface area contributed by atoms with E-state index in [1.807, 2.05) is 18.2 Å². The summed E-state index contributed by atoms with van der Waals surface area (Å²) in [6.45, 7) is 6.32. The molecule has 364 valence electrons. The molecule has 0 aromatic heterocycles. The summed E-state index contributed by atoms with van der Waals surface area (Å²) in [4.78, 5) is 37.9. The maximum atomic E-state index is 12.8. The van der Waals surface area contributed by atoms with E-state index in [-0.39, 0.29) is 38.0 Å². The molecule has 65 heavy (non-hydrogen) atoms. The van der Waals surface area contributed by atoms with Gasteiger partial charge in [0.25, 0.3) is 0 Å². The summed E-state index contributed by atoms with van der Waals surface area (Å²) >= 11 is 0. The molecule has 0 aliphatic rings. The summed E-state index contributed by atoms with van der Waals surface area (Å²) in [5.74, 6) is -1.13. The van der Waals surface area contributed by atoms with E-state index in [2.05, 4.69) is 136 Å². The SMILES string of the molecule is CC/C=C\C/C=C\C/C=C\C/C=C\C/C=C\CCC(=O)OC(COC(=O)CC/C=C\C/C=C\CCCCCCCC)COC(=O)CCCCCCC\C=C/C=C\C=C/C=C\CCCCC. The van der Waals surface area contributed by atoms with E-state index in [1.165, 1.54) is 57.8 Å². The Balaban J connectivity index is 4.63. The summed E-state index contributed by atoms with van der Waals surface area (Å²) < 4.78 is 16.6. The van der Waals surface area contributed by atoms with Crippen LogP contribution in [0.5, 0.6) is 0 Å². The fourth-order valence-electron chi connectivity index (χ4n) is 6.38. The maximum absolute atomic E-state index is 12.8. The minimum Gasteiger partial charge on any atom is -0.462 e. The zero-order chi connectivity index (χ0) is 47.2. The van der Waals surface area contributed by atoms with Crippen LogP contribution in [0.15, 0.2) is 134 Å². The molecule has 6 nitrogen and oxygen atoms in total. The zero-order valence-electron chi connectivity index (χ0n) is 41.4. The molecule has 0 aromatic carbocycles. The van der Waals surface area contributed by atoms with E-state index in [9.17, 15) is 14.4 Å². The number of hydrogen-bond donors (Lipinski definition) is 0. The first kappa shape index (κ1) is 60.5. The lowest BCUT2D eigenvalue weighted by Gasteiger charge is -2.18. The van der Waals surface area contributed by atoms with Crippen LogP contribution in [0.2, 0.25) is 0 Å². The number of hydrogen-bond acceptors (Lipinski definition) is 6. The predicted octanol–water partition coefficient (Wildman–Crippen LogP) is 17.1. The lowest BCUT2D eigenvalue weighted by Crippen LogP contribution is -2.30. The summed E-state index contributed by atoms with van der Waals surface area (Å²) in [6.07, 6.45) is 73.1. The van der Waals surface area contributed by atoms with Crippen LogP contribution in [0, 0.1) is 0 Å². The third-order valence-corrected chi connectivity index (χ3v) is 10.2. The Labute approximate surface area is 398 Å². The summed E-state index contributed by atoms with van der Waals surface area (Å²) in [6, 6.07) is 0. The molecule has 0 amide bonds. The molecule has 0 heterocycles. The molecule has 0 saturated carbocycles. The van der Waals surface area contributed by atoms with E-state index in [4.69, 9.17) is 14.2 Å². The van der Waals surface area contributed by atoms with E-state index in [1.54, 1.807) is 0 Å². The van der Waals surface area contributed by atoms with Crippen molar-refractivity contribution in [2.75, 3.05) is 13.2 Å². The standard InChI is InChI=1S/C59H92O6/c1-4-7-10-13-16-19-22-25-27-29-30-32-34-37-40-43-46-49-52-58(61)64-55-56(54-63-57(60)51-48-45-42-39-36-33-24-21-18-15-12-9-6-3)65-59(62)53-50-47-44-41-38-35-31-28-26-23-20-17-14-11-8-5-2/h8,11,16-17,19-20,22,25-30,32-33,35-36,38,42,44-45,47,56H,4-7,9-10,12-15,18,21,23-24,31,34,37,39-41,43,46,48-55H2,1-3H3/b11-8-,19-16-,20-17-,25-22-,28-26-,29-27-,32-30-,36-33-,38-35-,45-42-,47-44-. The minimum absolute atomic E-state index is 0.142. The van der Waals surface area contributed by atoms with Gasteiger partial charge in [-0.25, -0.2) is 0 Å². The second kappa shape index (κ2) is 52.2. The predicted molar refractivity (Wildman–Crippen MR) is 279 cm³/mol. The van der Waals surface area contributed by atoms with Crippen molar-refractivity contribution in [2.24, 2.45) is 0 Å². The van der Waals surface area contributed by atoms with Crippen LogP contribution in [0.3, 0.4) is 0 Å². The second-order valence-corrected chi connectivity index (χ2v) is 16.4. The van der Waals surface area contributed by atoms with Gasteiger partial charge in [-0.05, 0) is 96.3 Å². The Morgan fingerprint density at radius 2 is 0.692 bits per heavy atom. The minimum atomic E-state index is -0.854. The van der Waals surface area contributed by atoms with Crippen LogP contribution in [-0.4, -0.2) is 37.2 Å². The lowest BCUT2D eigenvalue weighted by molar-refractivity contribution is -0.166. The molecule has 1 unspecified atom stereocenters. The quantitative estimate of drug-likeness (QED) is 0.0199. The number of esters is 3. The fourth-order valence-corrected chi connectivity index (χ4v) is 6.38. The van der Waals surface area contributed by atoms with Crippen LogP contribution in [0.25, 0.3) is 0 Å². The molecule has 0 radical (unpaired) electrons. The summed E-state index contributed by atoms with van der Waals surface area (Å²) in [5, 5.41) is 0. The molecule has 0 aliphatic carbocycles. The highest BCUT2D eigenvalue weighted by Gasteiger charge is 2.19. The molecule has 6 heteroatoms. The zero-order valence-corrected chi connectivity index (χ0v) is 41.4. The highest BCUT2D eigenvalue weighted by Crippen LogP contribution is 2.11. The van der Waals surface area contributed by atoms with E-state index in [0.29, 0.717) is 19.3 Å². The van der Waals surface area contributed by atoms with Crippen LogP contribution >= 0.6 is 0 Å². The Hall–Kier alpha value is -4.45. The largest absolute Gasteiger partial charge is 0.462 e. The van der Waals surface area contributed by atoms with Gasteiger partial charge in [-0.2, -0.15) is 0 Å². The van der Waals surface area contributed by atoms with Gasteiger partial charge in [-0.15, -0.1) is 0 Å². The van der Waals surface area contributed by atoms with Gasteiger partial charge < -0.3 is 14.2 Å². The van der Waals surface area contributed by atoms with E-state index < -0.39 is 12.1 Å². The third-order valence-electron chi connectivity index (χ3n) is 10.2. The fraction of sp³-hybridized carbons (Fsp3) is 0.576. The molecule has 0 fully saturated rings. The molecule has 0 aromatic rings. The number of ether oxygens (including phenoxy) is 3. The van der Waals surface area contributed by atoms with Gasteiger partial charge in [0.15, 0.2) is 6.10 Å². The average molecular weight is 897 g/mol. The highest BCUT2D eigenvalue weighted by molar-refractivity contribution is 5.71. The first-order valence-corrected chi connectivity index (χ1v) is 25.7. The van der Waals surface area contributed by atoms with Crippen molar-refractivity contribution in [3.05, 3.63) is 134 Å². The van der Waals surface area contributed by atoms with Crippen molar-refractivity contribution in [2.45, 2.75) is 207 Å². The van der Waals surface area contributed by atoms with Crippen LogP contribution < -0.4 is 0 Å². The monoisotopic (exact) mass is 897 g/mol. The second-order valence-electron chi connectivity index (χ2n) is 16.4. The molecular weight excluding hydrogens is 805 g/mol. The smallest absolute Gasteiger partial charge is 0.306 e. The molecule has 0 bridgehead atoms.